The molecule has 0 aromatic heterocycles. The second-order valence-electron chi connectivity index (χ2n) is 5.28. The fraction of sp³-hybridized carbons (Fsp3) is 0.235. The van der Waals surface area contributed by atoms with Crippen LogP contribution in [0.15, 0.2) is 42.5 Å². The number of rotatable bonds is 5. The van der Waals surface area contributed by atoms with Crippen molar-refractivity contribution >= 4 is 34.8 Å². The standard InChI is InChI=1S/C17H17Cl2FN2O/c1-10(12-3-5-13(18)6-4-12)21-11(2)17(23)22-16-8-7-14(20)9-15(16)19/h3-11,21H,1-2H3,(H,22,23)/t10-,11-/m0/s1. The van der Waals surface area contributed by atoms with Crippen molar-refractivity contribution in [2.45, 2.75) is 25.9 Å². The molecule has 0 saturated heterocycles. The number of hydrogen-bond donors (Lipinski definition) is 2. The van der Waals surface area contributed by atoms with Crippen molar-refractivity contribution in [3.8, 4) is 0 Å². The Bertz CT molecular complexity index is 691. The highest BCUT2D eigenvalue weighted by Crippen LogP contribution is 2.23. The first-order chi connectivity index (χ1) is 10.9. The predicted molar refractivity (Wildman–Crippen MR) is 92.5 cm³/mol. The molecular formula is C17H17Cl2FN2O. The van der Waals surface area contributed by atoms with Gasteiger partial charge in [-0.05, 0) is 49.7 Å². The molecule has 2 aromatic rings. The van der Waals surface area contributed by atoms with Crippen LogP contribution in [0.1, 0.15) is 25.5 Å². The van der Waals surface area contributed by atoms with Gasteiger partial charge in [-0.25, -0.2) is 4.39 Å². The number of benzene rings is 2. The second-order valence-corrected chi connectivity index (χ2v) is 6.12. The minimum absolute atomic E-state index is 0.0308. The lowest BCUT2D eigenvalue weighted by molar-refractivity contribution is -0.117. The van der Waals surface area contributed by atoms with Gasteiger partial charge in [-0.3, -0.25) is 10.1 Å². The highest BCUT2D eigenvalue weighted by molar-refractivity contribution is 6.33. The summed E-state index contributed by atoms with van der Waals surface area (Å²) in [5.74, 6) is -0.699. The fourth-order valence-corrected chi connectivity index (χ4v) is 2.47. The zero-order valence-electron chi connectivity index (χ0n) is 12.7. The Labute approximate surface area is 144 Å². The van der Waals surface area contributed by atoms with E-state index in [9.17, 15) is 9.18 Å². The van der Waals surface area contributed by atoms with Crippen LogP contribution < -0.4 is 10.6 Å². The van der Waals surface area contributed by atoms with E-state index in [1.807, 2.05) is 19.1 Å². The van der Waals surface area contributed by atoms with Crippen molar-refractivity contribution < 1.29 is 9.18 Å². The average molecular weight is 355 g/mol. The van der Waals surface area contributed by atoms with Crippen molar-refractivity contribution in [3.63, 3.8) is 0 Å². The largest absolute Gasteiger partial charge is 0.323 e. The van der Waals surface area contributed by atoms with Gasteiger partial charge in [0.1, 0.15) is 5.82 Å². The Kier molecular flexibility index (Phi) is 5.99. The molecule has 0 unspecified atom stereocenters. The molecule has 0 aliphatic rings. The topological polar surface area (TPSA) is 41.1 Å². The minimum Gasteiger partial charge on any atom is -0.323 e. The van der Waals surface area contributed by atoms with E-state index in [4.69, 9.17) is 23.2 Å². The summed E-state index contributed by atoms with van der Waals surface area (Å²) in [4.78, 5) is 12.2. The molecule has 0 bridgehead atoms. The third-order valence-electron chi connectivity index (χ3n) is 3.45. The van der Waals surface area contributed by atoms with Gasteiger partial charge in [-0.1, -0.05) is 35.3 Å². The molecule has 122 valence electrons. The molecule has 2 N–H and O–H groups in total. The quantitative estimate of drug-likeness (QED) is 0.808. The summed E-state index contributed by atoms with van der Waals surface area (Å²) in [6.07, 6.45) is 0. The Morgan fingerprint density at radius 2 is 1.74 bits per heavy atom. The highest BCUT2D eigenvalue weighted by atomic mass is 35.5. The van der Waals surface area contributed by atoms with E-state index in [-0.39, 0.29) is 17.0 Å². The Morgan fingerprint density at radius 1 is 1.09 bits per heavy atom. The SMILES string of the molecule is C[C@H](N[C@@H](C)c1ccc(Cl)cc1)C(=O)Nc1ccc(F)cc1Cl. The van der Waals surface area contributed by atoms with Gasteiger partial charge in [-0.15, -0.1) is 0 Å². The summed E-state index contributed by atoms with van der Waals surface area (Å²) < 4.78 is 13.0. The number of carbonyl (C=O) groups is 1. The maximum atomic E-state index is 13.0. The Balaban J connectivity index is 1.98. The third kappa shape index (κ3) is 4.93. The molecule has 3 nitrogen and oxygen atoms in total. The van der Waals surface area contributed by atoms with Gasteiger partial charge in [0.15, 0.2) is 0 Å². The van der Waals surface area contributed by atoms with Gasteiger partial charge in [0.2, 0.25) is 5.91 Å². The summed E-state index contributed by atoms with van der Waals surface area (Å²) >= 11 is 11.8. The normalized spacial score (nSPS) is 13.4. The number of amides is 1. The summed E-state index contributed by atoms with van der Waals surface area (Å²) in [5, 5.41) is 6.70. The number of carbonyl (C=O) groups excluding carboxylic acids is 1. The van der Waals surface area contributed by atoms with Crippen LogP contribution in [0.25, 0.3) is 0 Å². The van der Waals surface area contributed by atoms with E-state index in [2.05, 4.69) is 10.6 Å². The lowest BCUT2D eigenvalue weighted by Crippen LogP contribution is -2.39. The van der Waals surface area contributed by atoms with Crippen molar-refractivity contribution in [2.75, 3.05) is 5.32 Å². The first kappa shape index (κ1) is 17.7. The molecule has 0 radical (unpaired) electrons. The van der Waals surface area contributed by atoms with Crippen molar-refractivity contribution in [3.05, 3.63) is 63.9 Å². The maximum Gasteiger partial charge on any atom is 0.241 e. The van der Waals surface area contributed by atoms with Crippen LogP contribution in [0.4, 0.5) is 10.1 Å². The molecule has 6 heteroatoms. The van der Waals surface area contributed by atoms with Crippen molar-refractivity contribution in [1.82, 2.24) is 5.32 Å². The molecule has 0 fully saturated rings. The second kappa shape index (κ2) is 7.77. The monoisotopic (exact) mass is 354 g/mol. The first-order valence-electron chi connectivity index (χ1n) is 7.14. The lowest BCUT2D eigenvalue weighted by Gasteiger charge is -2.20. The zero-order chi connectivity index (χ0) is 17.0. The summed E-state index contributed by atoms with van der Waals surface area (Å²) in [5.41, 5.74) is 1.40. The molecule has 0 spiro atoms. The van der Waals surface area contributed by atoms with E-state index in [1.165, 1.54) is 12.1 Å². The van der Waals surface area contributed by atoms with Gasteiger partial charge < -0.3 is 5.32 Å². The van der Waals surface area contributed by atoms with Crippen LogP contribution in [0.2, 0.25) is 10.0 Å². The van der Waals surface area contributed by atoms with Gasteiger partial charge in [0.25, 0.3) is 0 Å². The number of anilines is 1. The summed E-state index contributed by atoms with van der Waals surface area (Å²) in [6.45, 7) is 3.71. The zero-order valence-corrected chi connectivity index (χ0v) is 14.3. The van der Waals surface area contributed by atoms with Crippen LogP contribution in [0.3, 0.4) is 0 Å². The third-order valence-corrected chi connectivity index (χ3v) is 4.02. The molecule has 0 heterocycles. The molecule has 2 rings (SSSR count). The van der Waals surface area contributed by atoms with E-state index in [0.717, 1.165) is 11.6 Å². The van der Waals surface area contributed by atoms with Crippen LogP contribution in [0, 0.1) is 5.82 Å². The van der Waals surface area contributed by atoms with Gasteiger partial charge in [0.05, 0.1) is 16.8 Å². The molecule has 0 aliphatic carbocycles. The first-order valence-corrected chi connectivity index (χ1v) is 7.90. The van der Waals surface area contributed by atoms with Crippen molar-refractivity contribution in [2.24, 2.45) is 0 Å². The average Bonchev–Trinajstić information content (AvgIpc) is 2.50. The molecular weight excluding hydrogens is 338 g/mol. The van der Waals surface area contributed by atoms with Crippen LogP contribution in [0.5, 0.6) is 0 Å². The lowest BCUT2D eigenvalue weighted by atomic mass is 10.1. The summed E-state index contributed by atoms with van der Waals surface area (Å²) in [7, 11) is 0. The fourth-order valence-electron chi connectivity index (χ4n) is 2.13. The van der Waals surface area contributed by atoms with Gasteiger partial charge in [0, 0.05) is 11.1 Å². The number of hydrogen-bond acceptors (Lipinski definition) is 2. The number of halogens is 3. The Hall–Kier alpha value is -1.62. The van der Waals surface area contributed by atoms with Gasteiger partial charge >= 0.3 is 0 Å². The van der Waals surface area contributed by atoms with Crippen LogP contribution >= 0.6 is 23.2 Å². The van der Waals surface area contributed by atoms with E-state index in [0.29, 0.717) is 10.7 Å². The molecule has 2 atom stereocenters. The smallest absolute Gasteiger partial charge is 0.241 e. The van der Waals surface area contributed by atoms with Gasteiger partial charge in [-0.2, -0.15) is 0 Å². The van der Waals surface area contributed by atoms with Crippen LogP contribution in [-0.2, 0) is 4.79 Å². The highest BCUT2D eigenvalue weighted by Gasteiger charge is 2.17. The van der Waals surface area contributed by atoms with E-state index in [1.54, 1.807) is 19.1 Å². The Morgan fingerprint density at radius 3 is 2.35 bits per heavy atom. The van der Waals surface area contributed by atoms with E-state index >= 15 is 0 Å². The van der Waals surface area contributed by atoms with Crippen LogP contribution in [-0.4, -0.2) is 11.9 Å². The molecule has 23 heavy (non-hydrogen) atoms. The molecule has 2 aromatic carbocycles. The maximum absolute atomic E-state index is 13.0. The molecule has 0 saturated carbocycles. The number of nitrogens with one attached hydrogen (secondary N) is 2. The summed E-state index contributed by atoms with van der Waals surface area (Å²) in [6, 6.07) is 10.8. The van der Waals surface area contributed by atoms with E-state index < -0.39 is 11.9 Å². The predicted octanol–water partition coefficient (Wildman–Crippen LogP) is 4.81. The minimum atomic E-state index is -0.457. The van der Waals surface area contributed by atoms with Crippen molar-refractivity contribution in [1.29, 1.82) is 0 Å². The molecule has 1 amide bonds. The molecule has 0 aliphatic heterocycles.